The van der Waals surface area contributed by atoms with E-state index < -0.39 is 0 Å². The average Bonchev–Trinajstić information content (AvgIpc) is 2.97. The summed E-state index contributed by atoms with van der Waals surface area (Å²) in [4.78, 5) is 20.4. The molecule has 4 rings (SSSR count). The number of fused-ring (bicyclic) bond motifs is 1. The van der Waals surface area contributed by atoms with Crippen LogP contribution >= 0.6 is 22.6 Å². The molecule has 1 aliphatic rings. The Morgan fingerprint density at radius 3 is 2.60 bits per heavy atom. The lowest BCUT2D eigenvalue weighted by atomic mass is 9.81. The Hall–Kier alpha value is -1.83. The van der Waals surface area contributed by atoms with E-state index >= 15 is 0 Å². The van der Waals surface area contributed by atoms with Crippen LogP contribution in [0.2, 0.25) is 0 Å². The van der Waals surface area contributed by atoms with Crippen LogP contribution in [0, 0.1) is 17.5 Å². The molecular weight excluding hydrogens is 427 g/mol. The minimum Gasteiger partial charge on any atom is -0.300 e. The van der Waals surface area contributed by atoms with Gasteiger partial charge in [0.2, 0.25) is 0 Å². The summed E-state index contributed by atoms with van der Waals surface area (Å²) in [6, 6.07) is 6.38. The Bertz CT molecular complexity index is 949. The van der Waals surface area contributed by atoms with Gasteiger partial charge in [-0.15, -0.1) is 0 Å². The Morgan fingerprint density at radius 2 is 1.88 bits per heavy atom. The molecule has 6 heteroatoms. The Balaban J connectivity index is 1.82. The van der Waals surface area contributed by atoms with Crippen LogP contribution in [-0.4, -0.2) is 25.5 Å². The molecule has 0 aliphatic heterocycles. The van der Waals surface area contributed by atoms with Gasteiger partial charge < -0.3 is 0 Å². The molecule has 0 radical (unpaired) electrons. The van der Waals surface area contributed by atoms with Crippen molar-refractivity contribution in [2.45, 2.75) is 45.4 Å². The number of aryl methyl sites for hydroxylation is 2. The van der Waals surface area contributed by atoms with E-state index in [1.54, 1.807) is 0 Å². The maximum absolute atomic E-state index is 11.6. The standard InChI is InChI=1S/C19H19IN4O/c1-11-7-14-10-21-24(19-9-18(20)22-12(2)23-19)17(14)8-16(11)13-3-5-15(25)6-4-13/h7-10,13H,3-6H2,1-2H3. The Kier molecular flexibility index (Phi) is 4.31. The molecule has 0 amide bonds. The average molecular weight is 446 g/mol. The third kappa shape index (κ3) is 3.19. The summed E-state index contributed by atoms with van der Waals surface area (Å²) < 4.78 is 2.80. The number of ketones is 1. The lowest BCUT2D eigenvalue weighted by Gasteiger charge is -2.23. The van der Waals surface area contributed by atoms with E-state index in [-0.39, 0.29) is 0 Å². The fourth-order valence-corrected chi connectivity index (χ4v) is 4.33. The quantitative estimate of drug-likeness (QED) is 0.436. The maximum Gasteiger partial charge on any atom is 0.158 e. The molecule has 0 spiro atoms. The topological polar surface area (TPSA) is 60.7 Å². The SMILES string of the molecule is Cc1nc(I)cc(-n2ncc3cc(C)c(C4CCC(=O)CC4)cc32)n1. The van der Waals surface area contributed by atoms with Gasteiger partial charge in [-0.05, 0) is 78.5 Å². The van der Waals surface area contributed by atoms with Crippen molar-refractivity contribution in [3.63, 3.8) is 0 Å². The summed E-state index contributed by atoms with van der Waals surface area (Å²) in [6.07, 6.45) is 5.18. The summed E-state index contributed by atoms with van der Waals surface area (Å²) in [5.74, 6) is 2.38. The first-order chi connectivity index (χ1) is 12.0. The molecule has 25 heavy (non-hydrogen) atoms. The molecule has 0 saturated heterocycles. The molecule has 0 bridgehead atoms. The van der Waals surface area contributed by atoms with Gasteiger partial charge in [-0.25, -0.2) is 14.6 Å². The number of carbonyl (C=O) groups is 1. The van der Waals surface area contributed by atoms with E-state index in [0.29, 0.717) is 24.5 Å². The van der Waals surface area contributed by atoms with Crippen molar-refractivity contribution in [3.05, 3.63) is 45.0 Å². The second kappa shape index (κ2) is 6.48. The van der Waals surface area contributed by atoms with Gasteiger partial charge in [-0.1, -0.05) is 0 Å². The van der Waals surface area contributed by atoms with Gasteiger partial charge >= 0.3 is 0 Å². The largest absolute Gasteiger partial charge is 0.300 e. The van der Waals surface area contributed by atoms with Gasteiger partial charge in [0.15, 0.2) is 5.82 Å². The highest BCUT2D eigenvalue weighted by molar-refractivity contribution is 14.1. The zero-order valence-corrected chi connectivity index (χ0v) is 16.4. The van der Waals surface area contributed by atoms with Crippen molar-refractivity contribution in [2.75, 3.05) is 0 Å². The van der Waals surface area contributed by atoms with Gasteiger partial charge in [0.1, 0.15) is 15.3 Å². The molecule has 5 nitrogen and oxygen atoms in total. The van der Waals surface area contributed by atoms with E-state index in [1.807, 2.05) is 23.9 Å². The number of benzene rings is 1. The van der Waals surface area contributed by atoms with Crippen LogP contribution in [0.1, 0.15) is 48.6 Å². The lowest BCUT2D eigenvalue weighted by molar-refractivity contribution is -0.120. The first-order valence-electron chi connectivity index (χ1n) is 8.53. The van der Waals surface area contributed by atoms with Crippen LogP contribution in [0.3, 0.4) is 0 Å². The summed E-state index contributed by atoms with van der Waals surface area (Å²) in [7, 11) is 0. The number of Topliss-reactive ketones (excluding diaryl/α,β-unsaturated/α-hetero) is 1. The van der Waals surface area contributed by atoms with E-state index in [9.17, 15) is 4.79 Å². The number of nitrogens with zero attached hydrogens (tertiary/aromatic N) is 4. The number of rotatable bonds is 2. The van der Waals surface area contributed by atoms with E-state index in [4.69, 9.17) is 0 Å². The van der Waals surface area contributed by atoms with Crippen molar-refractivity contribution >= 4 is 39.3 Å². The highest BCUT2D eigenvalue weighted by Crippen LogP contribution is 2.35. The molecule has 1 aliphatic carbocycles. The molecule has 128 valence electrons. The van der Waals surface area contributed by atoms with Gasteiger partial charge in [0, 0.05) is 24.3 Å². The molecule has 1 aromatic carbocycles. The van der Waals surface area contributed by atoms with Gasteiger partial charge in [-0.2, -0.15) is 5.10 Å². The van der Waals surface area contributed by atoms with Gasteiger partial charge in [-0.3, -0.25) is 4.79 Å². The predicted molar refractivity (Wildman–Crippen MR) is 105 cm³/mol. The Morgan fingerprint density at radius 1 is 1.12 bits per heavy atom. The molecule has 0 atom stereocenters. The zero-order valence-electron chi connectivity index (χ0n) is 14.3. The third-order valence-electron chi connectivity index (χ3n) is 4.95. The van der Waals surface area contributed by atoms with Crippen LogP contribution in [0.4, 0.5) is 0 Å². The number of halogens is 1. The highest BCUT2D eigenvalue weighted by atomic mass is 127. The van der Waals surface area contributed by atoms with Crippen LogP contribution in [0.15, 0.2) is 24.4 Å². The molecule has 3 aromatic rings. The normalized spacial score (nSPS) is 15.9. The lowest BCUT2D eigenvalue weighted by Crippen LogP contribution is -2.13. The van der Waals surface area contributed by atoms with Gasteiger partial charge in [0.05, 0.1) is 11.7 Å². The Labute approximate surface area is 160 Å². The summed E-state index contributed by atoms with van der Waals surface area (Å²) in [5, 5.41) is 5.67. The summed E-state index contributed by atoms with van der Waals surface area (Å²) in [6.45, 7) is 4.05. The van der Waals surface area contributed by atoms with Crippen LogP contribution in [-0.2, 0) is 4.79 Å². The number of aromatic nitrogens is 4. The fourth-order valence-electron chi connectivity index (χ4n) is 3.70. The minimum atomic E-state index is 0.394. The van der Waals surface area contributed by atoms with Crippen molar-refractivity contribution in [3.8, 4) is 5.82 Å². The van der Waals surface area contributed by atoms with E-state index in [2.05, 4.69) is 56.7 Å². The monoisotopic (exact) mass is 446 g/mol. The number of hydrogen-bond donors (Lipinski definition) is 0. The smallest absolute Gasteiger partial charge is 0.158 e. The molecule has 1 fully saturated rings. The van der Waals surface area contributed by atoms with Crippen molar-refractivity contribution in [1.82, 2.24) is 19.7 Å². The summed E-state index contributed by atoms with van der Waals surface area (Å²) >= 11 is 2.20. The second-order valence-corrected chi connectivity index (χ2v) is 7.84. The molecule has 0 unspecified atom stereocenters. The summed E-state index contributed by atoms with van der Waals surface area (Å²) in [5.41, 5.74) is 3.67. The second-order valence-electron chi connectivity index (χ2n) is 6.73. The van der Waals surface area contributed by atoms with Crippen molar-refractivity contribution in [2.24, 2.45) is 0 Å². The predicted octanol–water partition coefficient (Wildman–Crippen LogP) is 4.26. The van der Waals surface area contributed by atoms with Crippen molar-refractivity contribution < 1.29 is 4.79 Å². The van der Waals surface area contributed by atoms with Crippen LogP contribution in [0.5, 0.6) is 0 Å². The number of hydrogen-bond acceptors (Lipinski definition) is 4. The highest BCUT2D eigenvalue weighted by Gasteiger charge is 2.22. The van der Waals surface area contributed by atoms with Gasteiger partial charge in [0.25, 0.3) is 0 Å². The number of carbonyl (C=O) groups excluding carboxylic acids is 1. The third-order valence-corrected chi connectivity index (χ3v) is 5.50. The maximum atomic E-state index is 11.6. The van der Waals surface area contributed by atoms with Crippen molar-refractivity contribution in [1.29, 1.82) is 0 Å². The molecule has 0 N–H and O–H groups in total. The van der Waals surface area contributed by atoms with Crippen LogP contribution < -0.4 is 0 Å². The fraction of sp³-hybridized carbons (Fsp3) is 0.368. The van der Waals surface area contributed by atoms with E-state index in [1.165, 1.54) is 11.1 Å². The van der Waals surface area contributed by atoms with Crippen LogP contribution in [0.25, 0.3) is 16.7 Å². The van der Waals surface area contributed by atoms with E-state index in [0.717, 1.165) is 39.1 Å². The molecular formula is C19H19IN4O. The molecule has 1 saturated carbocycles. The first kappa shape index (κ1) is 16.6. The zero-order chi connectivity index (χ0) is 17.6. The molecule has 2 heterocycles. The minimum absolute atomic E-state index is 0.394. The first-order valence-corrected chi connectivity index (χ1v) is 9.60. The molecule has 2 aromatic heterocycles.